The van der Waals surface area contributed by atoms with E-state index in [-0.39, 0.29) is 0 Å². The van der Waals surface area contributed by atoms with E-state index in [9.17, 15) is 0 Å². The van der Waals surface area contributed by atoms with Crippen LogP contribution in [-0.4, -0.2) is 18.6 Å². The van der Waals surface area contributed by atoms with Crippen molar-refractivity contribution in [2.75, 3.05) is 18.5 Å². The molecule has 106 valence electrons. The van der Waals surface area contributed by atoms with E-state index in [1.165, 1.54) is 5.69 Å². The molecule has 0 aliphatic rings. The van der Waals surface area contributed by atoms with E-state index < -0.39 is 0 Å². The predicted molar refractivity (Wildman–Crippen MR) is 84.8 cm³/mol. The summed E-state index contributed by atoms with van der Waals surface area (Å²) in [5.41, 5.74) is 3.42. The van der Waals surface area contributed by atoms with E-state index in [0.717, 1.165) is 37.4 Å². The minimum atomic E-state index is 0.825. The van der Waals surface area contributed by atoms with Crippen LogP contribution >= 0.6 is 0 Å². The summed E-state index contributed by atoms with van der Waals surface area (Å²) in [7, 11) is 2.10. The number of nitrogens with zero attached hydrogens (tertiary/aromatic N) is 2. The Morgan fingerprint density at radius 2 is 1.75 bits per heavy atom. The summed E-state index contributed by atoms with van der Waals surface area (Å²) in [6, 6.07) is 16.6. The van der Waals surface area contributed by atoms with Gasteiger partial charge in [0.1, 0.15) is 0 Å². The molecule has 20 heavy (non-hydrogen) atoms. The number of anilines is 1. The fraction of sp³-hybridized carbons (Fsp3) is 0.353. The van der Waals surface area contributed by atoms with Crippen molar-refractivity contribution in [2.24, 2.45) is 0 Å². The number of para-hydroxylation sites is 1. The third-order valence-electron chi connectivity index (χ3n) is 3.19. The maximum atomic E-state index is 4.71. The van der Waals surface area contributed by atoms with Gasteiger partial charge in [0.2, 0.25) is 0 Å². The first-order valence-corrected chi connectivity index (χ1v) is 7.21. The van der Waals surface area contributed by atoms with Gasteiger partial charge in [0.05, 0.1) is 17.9 Å². The molecule has 2 rings (SSSR count). The fourth-order valence-electron chi connectivity index (χ4n) is 2.13. The van der Waals surface area contributed by atoms with Crippen LogP contribution < -0.4 is 10.2 Å². The largest absolute Gasteiger partial charge is 0.369 e. The standard InChI is InChI=1S/C17H23N3/c1-3-12-18-13-15-8-7-9-16(19-15)14-20(2)17-10-5-4-6-11-17/h4-11,18H,3,12-14H2,1-2H3. The molecule has 1 aromatic carbocycles. The second-order valence-electron chi connectivity index (χ2n) is 4.99. The molecule has 0 radical (unpaired) electrons. The number of rotatable bonds is 7. The van der Waals surface area contributed by atoms with Gasteiger partial charge in [-0.1, -0.05) is 31.2 Å². The van der Waals surface area contributed by atoms with Crippen LogP contribution in [0.5, 0.6) is 0 Å². The zero-order chi connectivity index (χ0) is 14.2. The molecule has 0 amide bonds. The predicted octanol–water partition coefficient (Wildman–Crippen LogP) is 3.22. The number of benzene rings is 1. The molecule has 0 unspecified atom stereocenters. The SMILES string of the molecule is CCCNCc1cccc(CN(C)c2ccccc2)n1. The highest BCUT2D eigenvalue weighted by atomic mass is 15.1. The zero-order valence-electron chi connectivity index (χ0n) is 12.3. The Kier molecular flexibility index (Phi) is 5.56. The highest BCUT2D eigenvalue weighted by Crippen LogP contribution is 2.13. The molecule has 1 aromatic heterocycles. The summed E-state index contributed by atoms with van der Waals surface area (Å²) in [4.78, 5) is 6.92. The molecule has 0 saturated heterocycles. The second kappa shape index (κ2) is 7.65. The molecule has 1 heterocycles. The third-order valence-corrected chi connectivity index (χ3v) is 3.19. The van der Waals surface area contributed by atoms with Gasteiger partial charge in [-0.3, -0.25) is 4.98 Å². The van der Waals surface area contributed by atoms with E-state index >= 15 is 0 Å². The highest BCUT2D eigenvalue weighted by molar-refractivity contribution is 5.45. The van der Waals surface area contributed by atoms with Crippen LogP contribution in [0.25, 0.3) is 0 Å². The summed E-state index contributed by atoms with van der Waals surface area (Å²) in [6.45, 7) is 4.88. The minimum Gasteiger partial charge on any atom is -0.369 e. The Balaban J connectivity index is 1.97. The van der Waals surface area contributed by atoms with Crippen molar-refractivity contribution in [2.45, 2.75) is 26.4 Å². The maximum Gasteiger partial charge on any atom is 0.0600 e. The summed E-state index contributed by atoms with van der Waals surface area (Å²) in [6.07, 6.45) is 1.15. The maximum absolute atomic E-state index is 4.71. The van der Waals surface area contributed by atoms with Gasteiger partial charge in [-0.15, -0.1) is 0 Å². The van der Waals surface area contributed by atoms with Crippen LogP contribution in [0, 0.1) is 0 Å². The van der Waals surface area contributed by atoms with E-state index in [4.69, 9.17) is 4.98 Å². The molecular formula is C17H23N3. The first-order chi connectivity index (χ1) is 9.79. The quantitative estimate of drug-likeness (QED) is 0.782. The Bertz CT molecular complexity index is 511. The smallest absolute Gasteiger partial charge is 0.0600 e. The third kappa shape index (κ3) is 4.35. The molecular weight excluding hydrogens is 246 g/mol. The van der Waals surface area contributed by atoms with E-state index in [2.05, 4.69) is 66.7 Å². The summed E-state index contributed by atoms with van der Waals surface area (Å²) in [5, 5.41) is 3.39. The van der Waals surface area contributed by atoms with E-state index in [0.29, 0.717) is 0 Å². The fourth-order valence-corrected chi connectivity index (χ4v) is 2.13. The van der Waals surface area contributed by atoms with Gasteiger partial charge < -0.3 is 10.2 Å². The van der Waals surface area contributed by atoms with E-state index in [1.54, 1.807) is 0 Å². The average Bonchev–Trinajstić information content (AvgIpc) is 2.49. The van der Waals surface area contributed by atoms with Crippen LogP contribution in [0.4, 0.5) is 5.69 Å². The molecule has 3 nitrogen and oxygen atoms in total. The Morgan fingerprint density at radius 3 is 2.50 bits per heavy atom. The molecule has 0 aliphatic carbocycles. The summed E-state index contributed by atoms with van der Waals surface area (Å²) in [5.74, 6) is 0. The number of hydrogen-bond acceptors (Lipinski definition) is 3. The molecule has 0 fully saturated rings. The average molecular weight is 269 g/mol. The van der Waals surface area contributed by atoms with Crippen LogP contribution in [0.15, 0.2) is 48.5 Å². The second-order valence-corrected chi connectivity index (χ2v) is 4.99. The van der Waals surface area contributed by atoms with Crippen molar-refractivity contribution in [1.29, 1.82) is 0 Å². The number of hydrogen-bond donors (Lipinski definition) is 1. The monoisotopic (exact) mass is 269 g/mol. The van der Waals surface area contributed by atoms with Crippen molar-refractivity contribution in [3.8, 4) is 0 Å². The molecule has 2 aromatic rings. The summed E-state index contributed by atoms with van der Waals surface area (Å²) < 4.78 is 0. The summed E-state index contributed by atoms with van der Waals surface area (Å²) >= 11 is 0. The lowest BCUT2D eigenvalue weighted by Crippen LogP contribution is -2.19. The van der Waals surface area contributed by atoms with Gasteiger partial charge in [-0.2, -0.15) is 0 Å². The number of pyridine rings is 1. The van der Waals surface area contributed by atoms with Gasteiger partial charge in [-0.25, -0.2) is 0 Å². The topological polar surface area (TPSA) is 28.2 Å². The first-order valence-electron chi connectivity index (χ1n) is 7.21. The van der Waals surface area contributed by atoms with Crippen molar-refractivity contribution < 1.29 is 0 Å². The zero-order valence-corrected chi connectivity index (χ0v) is 12.3. The first kappa shape index (κ1) is 14.5. The van der Waals surface area contributed by atoms with E-state index in [1.807, 2.05) is 6.07 Å². The number of nitrogens with one attached hydrogen (secondary N) is 1. The van der Waals surface area contributed by atoms with Crippen LogP contribution in [0.3, 0.4) is 0 Å². The normalized spacial score (nSPS) is 10.5. The highest BCUT2D eigenvalue weighted by Gasteiger charge is 2.03. The van der Waals surface area contributed by atoms with Crippen molar-refractivity contribution in [3.05, 3.63) is 59.9 Å². The lowest BCUT2D eigenvalue weighted by molar-refractivity contribution is 0.661. The van der Waals surface area contributed by atoms with Crippen molar-refractivity contribution in [3.63, 3.8) is 0 Å². The molecule has 0 aliphatic heterocycles. The van der Waals surface area contributed by atoms with Crippen LogP contribution in [-0.2, 0) is 13.1 Å². The number of aromatic nitrogens is 1. The Hall–Kier alpha value is -1.87. The van der Waals surface area contributed by atoms with Gasteiger partial charge in [0.15, 0.2) is 0 Å². The molecule has 0 saturated carbocycles. The molecule has 3 heteroatoms. The van der Waals surface area contributed by atoms with Gasteiger partial charge in [0, 0.05) is 19.3 Å². The van der Waals surface area contributed by atoms with Crippen molar-refractivity contribution >= 4 is 5.69 Å². The van der Waals surface area contributed by atoms with Gasteiger partial charge in [0.25, 0.3) is 0 Å². The molecule has 1 N–H and O–H groups in total. The molecule has 0 bridgehead atoms. The lowest BCUT2D eigenvalue weighted by atomic mass is 10.2. The lowest BCUT2D eigenvalue weighted by Gasteiger charge is -2.19. The Labute approximate surface area is 121 Å². The van der Waals surface area contributed by atoms with Gasteiger partial charge in [-0.05, 0) is 37.2 Å². The van der Waals surface area contributed by atoms with Crippen LogP contribution in [0.1, 0.15) is 24.7 Å². The van der Waals surface area contributed by atoms with Crippen LogP contribution in [0.2, 0.25) is 0 Å². The Morgan fingerprint density at radius 1 is 1.00 bits per heavy atom. The molecule has 0 spiro atoms. The van der Waals surface area contributed by atoms with Gasteiger partial charge >= 0.3 is 0 Å². The van der Waals surface area contributed by atoms with Crippen molar-refractivity contribution in [1.82, 2.24) is 10.3 Å². The minimum absolute atomic E-state index is 0.825. The molecule has 0 atom stereocenters.